The topological polar surface area (TPSA) is 0 Å². The van der Waals surface area contributed by atoms with Crippen molar-refractivity contribution in [2.24, 2.45) is 0 Å². The summed E-state index contributed by atoms with van der Waals surface area (Å²) in [7, 11) is 13.5. The Balaban J connectivity index is 2.58. The van der Waals surface area contributed by atoms with E-state index in [4.69, 9.17) is 18.6 Å². The molecule has 2 aromatic carbocycles. The van der Waals surface area contributed by atoms with E-state index in [0.29, 0.717) is 0 Å². The van der Waals surface area contributed by atoms with E-state index in [1.165, 1.54) is 11.1 Å². The summed E-state index contributed by atoms with van der Waals surface area (Å²) in [6.07, 6.45) is 0. The SMILES string of the molecule is Cc1cccc[c]1[Ti]([Cl])([Cl])[c]1ccccc1C. The second-order valence-corrected chi connectivity index (χ2v) is 13.2. The van der Waals surface area contributed by atoms with E-state index in [9.17, 15) is 0 Å². The van der Waals surface area contributed by atoms with Crippen LogP contribution in [0.4, 0.5) is 0 Å². The summed E-state index contributed by atoms with van der Waals surface area (Å²) in [5.74, 6) is 0. The van der Waals surface area contributed by atoms with Gasteiger partial charge in [-0.05, 0) is 0 Å². The molecule has 0 radical (unpaired) electrons. The van der Waals surface area contributed by atoms with Crippen molar-refractivity contribution in [3.05, 3.63) is 59.7 Å². The van der Waals surface area contributed by atoms with Gasteiger partial charge in [0.25, 0.3) is 0 Å². The van der Waals surface area contributed by atoms with E-state index >= 15 is 0 Å². The Hall–Kier alpha value is -0.266. The van der Waals surface area contributed by atoms with Crippen molar-refractivity contribution in [3.8, 4) is 0 Å². The van der Waals surface area contributed by atoms with Gasteiger partial charge in [0, 0.05) is 0 Å². The zero-order valence-electron chi connectivity index (χ0n) is 9.87. The van der Waals surface area contributed by atoms with Crippen LogP contribution in [0.15, 0.2) is 48.5 Å². The molecule has 2 rings (SSSR count). The minimum absolute atomic E-state index is 1.13. The first-order valence-corrected chi connectivity index (χ1v) is 11.4. The fourth-order valence-electron chi connectivity index (χ4n) is 2.00. The van der Waals surface area contributed by atoms with Crippen LogP contribution in [0.5, 0.6) is 0 Å². The molecule has 0 aliphatic rings. The number of benzene rings is 2. The summed E-state index contributed by atoms with van der Waals surface area (Å²) >= 11 is -3.16. The normalized spacial score (nSPS) is 11.5. The van der Waals surface area contributed by atoms with Crippen LogP contribution in [0.2, 0.25) is 0 Å². The van der Waals surface area contributed by atoms with E-state index in [2.05, 4.69) is 38.1 Å². The van der Waals surface area contributed by atoms with Crippen LogP contribution < -0.4 is 7.74 Å². The van der Waals surface area contributed by atoms with Crippen molar-refractivity contribution >= 4 is 26.3 Å². The van der Waals surface area contributed by atoms with Gasteiger partial charge < -0.3 is 0 Å². The number of hydrogen-bond acceptors (Lipinski definition) is 0. The molecule has 17 heavy (non-hydrogen) atoms. The molecule has 88 valence electrons. The first-order chi connectivity index (χ1) is 8.03. The third kappa shape index (κ3) is 2.61. The second-order valence-electron chi connectivity index (χ2n) is 4.20. The second kappa shape index (κ2) is 5.16. The zero-order chi connectivity index (χ0) is 12.5. The maximum atomic E-state index is 6.75. The van der Waals surface area contributed by atoms with E-state index < -0.39 is 14.5 Å². The molecule has 0 unspecified atom stereocenters. The molecule has 0 amide bonds. The van der Waals surface area contributed by atoms with Crippen LogP contribution in [-0.4, -0.2) is 0 Å². The van der Waals surface area contributed by atoms with Crippen LogP contribution >= 0.6 is 18.6 Å². The quantitative estimate of drug-likeness (QED) is 0.742. The minimum atomic E-state index is -3.16. The number of hydrogen-bond donors (Lipinski definition) is 0. The molecule has 0 aliphatic heterocycles. The fraction of sp³-hybridized carbons (Fsp3) is 0.143. The summed E-state index contributed by atoms with van der Waals surface area (Å²) in [6, 6.07) is 16.3. The standard InChI is InChI=1S/2C7H7.2ClH.Ti/c2*1-7-5-3-2-4-6-7;;;/h2*2-5H,1H3;2*1H;/q;;;;+2/p-2. The van der Waals surface area contributed by atoms with Crippen LogP contribution in [0.3, 0.4) is 0 Å². The van der Waals surface area contributed by atoms with Crippen LogP contribution in [0, 0.1) is 13.8 Å². The van der Waals surface area contributed by atoms with Crippen molar-refractivity contribution in [2.45, 2.75) is 13.8 Å². The van der Waals surface area contributed by atoms with Gasteiger partial charge in [-0.3, -0.25) is 0 Å². The molecular formula is C14H14Cl2Ti. The van der Waals surface area contributed by atoms with Crippen molar-refractivity contribution in [3.63, 3.8) is 0 Å². The maximum absolute atomic E-state index is 6.75. The first-order valence-electron chi connectivity index (χ1n) is 5.53. The van der Waals surface area contributed by atoms with Gasteiger partial charge in [-0.1, -0.05) is 0 Å². The predicted octanol–water partition coefficient (Wildman–Crippen LogP) is 3.72. The summed E-state index contributed by atoms with van der Waals surface area (Å²) in [4.78, 5) is 0. The molecule has 0 aromatic heterocycles. The molecular weight excluding hydrogens is 287 g/mol. The summed E-state index contributed by atoms with van der Waals surface area (Å²) in [5, 5.41) is 0. The van der Waals surface area contributed by atoms with Gasteiger partial charge in [0.05, 0.1) is 0 Å². The van der Waals surface area contributed by atoms with Gasteiger partial charge >= 0.3 is 114 Å². The molecule has 0 spiro atoms. The summed E-state index contributed by atoms with van der Waals surface area (Å²) in [5.41, 5.74) is 2.36. The number of rotatable bonds is 2. The molecule has 0 heterocycles. The third-order valence-electron chi connectivity index (χ3n) is 2.97. The van der Waals surface area contributed by atoms with Gasteiger partial charge in [-0.2, -0.15) is 0 Å². The van der Waals surface area contributed by atoms with Crippen molar-refractivity contribution in [1.82, 2.24) is 0 Å². The summed E-state index contributed by atoms with van der Waals surface area (Å²) < 4.78 is 2.26. The average Bonchev–Trinajstić information content (AvgIpc) is 2.29. The number of halogens is 2. The Bertz CT molecular complexity index is 488. The fourth-order valence-corrected chi connectivity index (χ4v) is 8.71. The van der Waals surface area contributed by atoms with Crippen LogP contribution in [-0.2, 0) is 14.5 Å². The van der Waals surface area contributed by atoms with Gasteiger partial charge in [0.2, 0.25) is 0 Å². The van der Waals surface area contributed by atoms with Gasteiger partial charge in [0.1, 0.15) is 0 Å². The molecule has 0 bridgehead atoms. The van der Waals surface area contributed by atoms with Crippen molar-refractivity contribution in [2.75, 3.05) is 0 Å². The van der Waals surface area contributed by atoms with Gasteiger partial charge in [0.15, 0.2) is 0 Å². The average molecular weight is 301 g/mol. The zero-order valence-corrected chi connectivity index (χ0v) is 12.9. The number of aryl methyl sites for hydroxylation is 2. The Morgan fingerprint density at radius 3 is 1.41 bits per heavy atom. The van der Waals surface area contributed by atoms with Gasteiger partial charge in [-0.15, -0.1) is 0 Å². The summed E-state index contributed by atoms with van der Waals surface area (Å²) in [6.45, 7) is 4.14. The van der Waals surface area contributed by atoms with Crippen LogP contribution in [0.25, 0.3) is 0 Å². The molecule has 0 atom stereocenters. The first kappa shape index (κ1) is 13.2. The molecule has 0 saturated carbocycles. The van der Waals surface area contributed by atoms with E-state index in [1.807, 2.05) is 24.3 Å². The molecule has 0 saturated heterocycles. The van der Waals surface area contributed by atoms with Gasteiger partial charge in [-0.25, -0.2) is 0 Å². The molecule has 3 heteroatoms. The predicted molar refractivity (Wildman–Crippen MR) is 73.3 cm³/mol. The van der Waals surface area contributed by atoms with Crippen LogP contribution in [0.1, 0.15) is 11.1 Å². The van der Waals surface area contributed by atoms with Crippen molar-refractivity contribution < 1.29 is 14.5 Å². The van der Waals surface area contributed by atoms with E-state index in [0.717, 1.165) is 7.74 Å². The van der Waals surface area contributed by atoms with E-state index in [-0.39, 0.29) is 0 Å². The Morgan fingerprint density at radius 2 is 1.06 bits per heavy atom. The molecule has 0 aliphatic carbocycles. The Labute approximate surface area is 114 Å². The monoisotopic (exact) mass is 300 g/mol. The van der Waals surface area contributed by atoms with E-state index in [1.54, 1.807) is 0 Å². The molecule has 0 N–H and O–H groups in total. The molecule has 2 aromatic rings. The Morgan fingerprint density at radius 1 is 0.706 bits per heavy atom. The van der Waals surface area contributed by atoms with Crippen molar-refractivity contribution in [1.29, 1.82) is 0 Å². The molecule has 0 nitrogen and oxygen atoms in total. The Kier molecular flexibility index (Phi) is 4.00. The third-order valence-corrected chi connectivity index (χ3v) is 10.2. The molecule has 0 fully saturated rings.